The molecule has 4 aromatic heterocycles. The van der Waals surface area contributed by atoms with E-state index in [1.54, 1.807) is 21.7 Å². The van der Waals surface area contributed by atoms with E-state index in [2.05, 4.69) is 30.7 Å². The zero-order valence-corrected chi connectivity index (χ0v) is 17.1. The number of rotatable bonds is 7. The molecular formula is C21H19N9O2. The minimum Gasteiger partial charge on any atom is -0.480 e. The summed E-state index contributed by atoms with van der Waals surface area (Å²) >= 11 is 0. The smallest absolute Gasteiger partial charge is 0.323 e. The van der Waals surface area contributed by atoms with Crippen LogP contribution in [0, 0.1) is 6.92 Å². The molecule has 0 aliphatic heterocycles. The Morgan fingerprint density at radius 2 is 2.03 bits per heavy atom. The number of aromatic amines is 1. The Hall–Kier alpha value is -4.54. The minimum absolute atomic E-state index is 0.166. The molecule has 11 heteroatoms. The van der Waals surface area contributed by atoms with E-state index in [4.69, 9.17) is 0 Å². The highest BCUT2D eigenvalue weighted by Crippen LogP contribution is 2.23. The number of hydrogen-bond acceptors (Lipinski definition) is 7. The molecule has 0 saturated heterocycles. The van der Waals surface area contributed by atoms with Gasteiger partial charge < -0.3 is 14.6 Å². The third kappa shape index (κ3) is 3.67. The van der Waals surface area contributed by atoms with Gasteiger partial charge >= 0.3 is 5.97 Å². The lowest BCUT2D eigenvalue weighted by atomic mass is 10.2. The van der Waals surface area contributed by atoms with E-state index in [0.29, 0.717) is 23.8 Å². The highest BCUT2D eigenvalue weighted by molar-refractivity contribution is 5.73. The van der Waals surface area contributed by atoms with Crippen molar-refractivity contribution in [3.63, 3.8) is 0 Å². The maximum absolute atomic E-state index is 11.6. The third-order valence-corrected chi connectivity index (χ3v) is 5.04. The van der Waals surface area contributed by atoms with Crippen molar-refractivity contribution in [1.82, 2.24) is 39.8 Å². The van der Waals surface area contributed by atoms with E-state index >= 15 is 0 Å². The number of nitrogens with zero attached hydrogens (tertiary/aromatic N) is 8. The van der Waals surface area contributed by atoms with Crippen LogP contribution >= 0.6 is 0 Å². The van der Waals surface area contributed by atoms with Gasteiger partial charge in [-0.25, -0.2) is 10.1 Å². The van der Waals surface area contributed by atoms with Gasteiger partial charge in [-0.05, 0) is 47.2 Å². The van der Waals surface area contributed by atoms with Crippen LogP contribution in [0.3, 0.4) is 0 Å². The second-order valence-corrected chi connectivity index (χ2v) is 7.29. The SMILES string of the molecule is Cc1cc(N(CC(=O)O)Cc2ccc(-n3cccc3-c3nnn[nH]3)cc2)n2nccc2n1. The Morgan fingerprint density at radius 1 is 1.19 bits per heavy atom. The summed E-state index contributed by atoms with van der Waals surface area (Å²) in [6.45, 7) is 2.11. The number of carboxylic acids is 1. The van der Waals surface area contributed by atoms with Crippen molar-refractivity contribution in [1.29, 1.82) is 0 Å². The zero-order valence-electron chi connectivity index (χ0n) is 17.1. The van der Waals surface area contributed by atoms with E-state index in [0.717, 1.165) is 22.6 Å². The van der Waals surface area contributed by atoms with Crippen LogP contribution < -0.4 is 4.90 Å². The molecule has 0 bridgehead atoms. The normalized spacial score (nSPS) is 11.2. The lowest BCUT2D eigenvalue weighted by Crippen LogP contribution is -2.31. The van der Waals surface area contributed by atoms with Crippen LogP contribution in [0.4, 0.5) is 5.82 Å². The Labute approximate surface area is 181 Å². The van der Waals surface area contributed by atoms with Crippen molar-refractivity contribution >= 4 is 17.4 Å². The van der Waals surface area contributed by atoms with Crippen LogP contribution in [-0.4, -0.2) is 57.4 Å². The van der Waals surface area contributed by atoms with Gasteiger partial charge in [0.05, 0.1) is 11.9 Å². The number of nitrogens with one attached hydrogen (secondary N) is 1. The van der Waals surface area contributed by atoms with Gasteiger partial charge in [0.1, 0.15) is 12.4 Å². The van der Waals surface area contributed by atoms with Crippen molar-refractivity contribution < 1.29 is 9.90 Å². The minimum atomic E-state index is -0.922. The largest absolute Gasteiger partial charge is 0.480 e. The molecule has 0 amide bonds. The van der Waals surface area contributed by atoms with Gasteiger partial charge in [-0.15, -0.1) is 5.10 Å². The molecule has 5 aromatic rings. The van der Waals surface area contributed by atoms with E-state index in [1.807, 2.05) is 60.2 Å². The van der Waals surface area contributed by atoms with Crippen LogP contribution in [0.25, 0.3) is 22.9 Å². The van der Waals surface area contributed by atoms with E-state index < -0.39 is 5.97 Å². The first kappa shape index (κ1) is 19.4. The maximum Gasteiger partial charge on any atom is 0.323 e. The quantitative estimate of drug-likeness (QED) is 0.402. The number of H-pyrrole nitrogens is 1. The molecule has 0 fully saturated rings. The van der Waals surface area contributed by atoms with Crippen molar-refractivity contribution in [2.24, 2.45) is 0 Å². The predicted molar refractivity (Wildman–Crippen MR) is 115 cm³/mol. The number of aryl methyl sites for hydroxylation is 1. The first-order valence-electron chi connectivity index (χ1n) is 9.87. The van der Waals surface area contributed by atoms with Crippen LogP contribution in [0.1, 0.15) is 11.3 Å². The summed E-state index contributed by atoms with van der Waals surface area (Å²) in [7, 11) is 0. The summed E-state index contributed by atoms with van der Waals surface area (Å²) < 4.78 is 3.63. The Bertz CT molecular complexity index is 1370. The summed E-state index contributed by atoms with van der Waals surface area (Å²) in [5.41, 5.74) is 4.20. The molecule has 2 N–H and O–H groups in total. The summed E-state index contributed by atoms with van der Waals surface area (Å²) in [6, 6.07) is 15.4. The summed E-state index contributed by atoms with van der Waals surface area (Å²) in [5, 5.41) is 27.8. The fourth-order valence-electron chi connectivity index (χ4n) is 3.67. The van der Waals surface area contributed by atoms with Crippen molar-refractivity contribution in [3.8, 4) is 17.2 Å². The summed E-state index contributed by atoms with van der Waals surface area (Å²) in [5.74, 6) is 0.325. The molecule has 160 valence electrons. The third-order valence-electron chi connectivity index (χ3n) is 5.04. The number of benzene rings is 1. The molecule has 0 saturated carbocycles. The van der Waals surface area contributed by atoms with Gasteiger partial charge in [0.25, 0.3) is 0 Å². The average molecular weight is 429 g/mol. The fourth-order valence-corrected chi connectivity index (χ4v) is 3.67. The number of anilines is 1. The topological polar surface area (TPSA) is 130 Å². The molecule has 0 radical (unpaired) electrons. The summed E-state index contributed by atoms with van der Waals surface area (Å²) in [4.78, 5) is 17.8. The van der Waals surface area contributed by atoms with Crippen molar-refractivity contribution in [3.05, 3.63) is 72.2 Å². The van der Waals surface area contributed by atoms with E-state index in [1.165, 1.54) is 0 Å². The second-order valence-electron chi connectivity index (χ2n) is 7.29. The number of aliphatic carboxylic acids is 1. The maximum atomic E-state index is 11.6. The van der Waals surface area contributed by atoms with E-state index in [-0.39, 0.29) is 6.54 Å². The number of tetrazole rings is 1. The molecular weight excluding hydrogens is 410 g/mol. The molecule has 0 spiro atoms. The Morgan fingerprint density at radius 3 is 2.78 bits per heavy atom. The molecule has 0 aliphatic carbocycles. The first-order chi connectivity index (χ1) is 15.6. The van der Waals surface area contributed by atoms with Gasteiger partial charge in [-0.2, -0.15) is 9.61 Å². The molecule has 32 heavy (non-hydrogen) atoms. The van der Waals surface area contributed by atoms with Gasteiger partial charge in [0.15, 0.2) is 11.5 Å². The molecule has 1 aromatic carbocycles. The molecule has 11 nitrogen and oxygen atoms in total. The molecule has 5 rings (SSSR count). The Kier molecular flexibility index (Phi) is 4.82. The molecule has 0 unspecified atom stereocenters. The van der Waals surface area contributed by atoms with Crippen LogP contribution in [0.5, 0.6) is 0 Å². The fraction of sp³-hybridized carbons (Fsp3) is 0.143. The number of fused-ring (bicyclic) bond motifs is 1. The van der Waals surface area contributed by atoms with Crippen LogP contribution in [0.15, 0.2) is 60.9 Å². The molecule has 4 heterocycles. The second kappa shape index (κ2) is 7.95. The monoisotopic (exact) mass is 429 g/mol. The van der Waals surface area contributed by atoms with Gasteiger partial charge in [-0.1, -0.05) is 12.1 Å². The lowest BCUT2D eigenvalue weighted by molar-refractivity contribution is -0.135. The highest BCUT2D eigenvalue weighted by atomic mass is 16.4. The standard InChI is InChI=1S/C21H19N9O2/c1-14-11-19(30-18(23-14)8-9-22-30)28(13-20(31)32)12-15-4-6-16(7-5-15)29-10-2-3-17(29)21-24-26-27-25-21/h2-11H,12-13H2,1H3,(H,31,32)(H,24,25,26,27). The Balaban J connectivity index is 1.45. The van der Waals surface area contributed by atoms with Crippen molar-refractivity contribution in [2.75, 3.05) is 11.4 Å². The predicted octanol–water partition coefficient (Wildman–Crippen LogP) is 2.10. The van der Waals surface area contributed by atoms with Crippen LogP contribution in [-0.2, 0) is 11.3 Å². The summed E-state index contributed by atoms with van der Waals surface area (Å²) in [6.07, 6.45) is 3.58. The number of hydrogen-bond donors (Lipinski definition) is 2. The van der Waals surface area contributed by atoms with Crippen molar-refractivity contribution in [2.45, 2.75) is 13.5 Å². The lowest BCUT2D eigenvalue weighted by Gasteiger charge is -2.24. The number of aromatic nitrogens is 8. The first-order valence-corrected chi connectivity index (χ1v) is 9.87. The van der Waals surface area contributed by atoms with Gasteiger partial charge in [-0.3, -0.25) is 4.79 Å². The highest BCUT2D eigenvalue weighted by Gasteiger charge is 2.17. The average Bonchev–Trinajstić information content (AvgIpc) is 3.53. The van der Waals surface area contributed by atoms with E-state index in [9.17, 15) is 9.90 Å². The molecule has 0 atom stereocenters. The van der Waals surface area contributed by atoms with Gasteiger partial charge in [0.2, 0.25) is 0 Å². The number of carboxylic acid groups (broad SMARTS) is 1. The number of carbonyl (C=O) groups is 1. The molecule has 0 aliphatic rings. The zero-order chi connectivity index (χ0) is 22.1. The van der Waals surface area contributed by atoms with Crippen LogP contribution in [0.2, 0.25) is 0 Å². The van der Waals surface area contributed by atoms with Gasteiger partial charge in [0, 0.05) is 36.3 Å².